The van der Waals surface area contributed by atoms with Crippen molar-refractivity contribution in [2.45, 2.75) is 37.8 Å². The number of aromatic nitrogens is 1. The highest BCUT2D eigenvalue weighted by Crippen LogP contribution is 2.19. The highest BCUT2D eigenvalue weighted by Gasteiger charge is 2.22. The summed E-state index contributed by atoms with van der Waals surface area (Å²) in [4.78, 5) is 15.8. The van der Waals surface area contributed by atoms with Gasteiger partial charge >= 0.3 is 0 Å². The molecule has 4 nitrogen and oxygen atoms in total. The number of carbonyl (C=O) groups excluding carboxylic acids is 1. The van der Waals surface area contributed by atoms with Crippen LogP contribution in [0.15, 0.2) is 18.3 Å². The molecule has 1 aliphatic rings. The van der Waals surface area contributed by atoms with Crippen LogP contribution in [0, 0.1) is 0 Å². The number of nitrogens with zero attached hydrogens (tertiary/aromatic N) is 1. The predicted octanol–water partition coefficient (Wildman–Crippen LogP) is 1.77. The molecule has 92 valence electrons. The van der Waals surface area contributed by atoms with Gasteiger partial charge in [-0.1, -0.05) is 11.6 Å². The molecule has 2 unspecified atom stereocenters. The minimum absolute atomic E-state index is 0.0301. The molecule has 2 N–H and O–H groups in total. The van der Waals surface area contributed by atoms with E-state index >= 15 is 0 Å². The fraction of sp³-hybridized carbons (Fsp3) is 0.500. The Kier molecular flexibility index (Phi) is 3.97. The highest BCUT2D eigenvalue weighted by atomic mass is 35.5. The van der Waals surface area contributed by atoms with E-state index in [1.807, 2.05) is 0 Å². The van der Waals surface area contributed by atoms with Gasteiger partial charge in [-0.05, 0) is 37.8 Å². The van der Waals surface area contributed by atoms with Crippen LogP contribution in [0.1, 0.15) is 36.0 Å². The van der Waals surface area contributed by atoms with Crippen LogP contribution in [0.4, 0.5) is 0 Å². The van der Waals surface area contributed by atoms with Crippen molar-refractivity contribution in [2.75, 3.05) is 0 Å². The molecule has 0 saturated heterocycles. The van der Waals surface area contributed by atoms with Gasteiger partial charge < -0.3 is 10.4 Å². The Balaban J connectivity index is 1.99. The first-order valence-corrected chi connectivity index (χ1v) is 6.14. The van der Waals surface area contributed by atoms with Gasteiger partial charge in [0.1, 0.15) is 5.15 Å². The van der Waals surface area contributed by atoms with Gasteiger partial charge in [0.05, 0.1) is 11.7 Å². The van der Waals surface area contributed by atoms with Crippen LogP contribution in [0.3, 0.4) is 0 Å². The normalized spacial score (nSPS) is 24.4. The lowest BCUT2D eigenvalue weighted by molar-refractivity contribution is 0.0849. The molecule has 2 rings (SSSR count). The number of nitrogens with one attached hydrogen (secondary N) is 1. The van der Waals surface area contributed by atoms with E-state index in [9.17, 15) is 9.90 Å². The Labute approximate surface area is 105 Å². The summed E-state index contributed by atoms with van der Waals surface area (Å²) < 4.78 is 0. The summed E-state index contributed by atoms with van der Waals surface area (Å²) in [5.74, 6) is -0.220. The Morgan fingerprint density at radius 2 is 2.35 bits per heavy atom. The summed E-state index contributed by atoms with van der Waals surface area (Å²) in [5.41, 5.74) is 0.384. The van der Waals surface area contributed by atoms with Gasteiger partial charge in [0, 0.05) is 12.2 Å². The van der Waals surface area contributed by atoms with Gasteiger partial charge in [0.2, 0.25) is 0 Å². The van der Waals surface area contributed by atoms with Crippen LogP contribution < -0.4 is 5.32 Å². The SMILES string of the molecule is O=C(NC1CCCC(O)C1)c1cccnc1Cl. The van der Waals surface area contributed by atoms with Crippen molar-refractivity contribution in [3.05, 3.63) is 29.0 Å². The minimum Gasteiger partial charge on any atom is -0.393 e. The molecule has 17 heavy (non-hydrogen) atoms. The van der Waals surface area contributed by atoms with Gasteiger partial charge in [-0.25, -0.2) is 4.98 Å². The van der Waals surface area contributed by atoms with Crippen molar-refractivity contribution >= 4 is 17.5 Å². The molecular weight excluding hydrogens is 240 g/mol. The van der Waals surface area contributed by atoms with Crippen LogP contribution in [0.2, 0.25) is 5.15 Å². The summed E-state index contributed by atoms with van der Waals surface area (Å²) in [6, 6.07) is 3.35. The van der Waals surface area contributed by atoms with Gasteiger partial charge in [0.15, 0.2) is 0 Å². The second-order valence-electron chi connectivity index (χ2n) is 4.33. The number of carbonyl (C=O) groups is 1. The quantitative estimate of drug-likeness (QED) is 0.791. The Morgan fingerprint density at radius 1 is 1.53 bits per heavy atom. The summed E-state index contributed by atoms with van der Waals surface area (Å²) in [5, 5.41) is 12.6. The molecule has 1 heterocycles. The topological polar surface area (TPSA) is 62.2 Å². The van der Waals surface area contributed by atoms with Crippen molar-refractivity contribution < 1.29 is 9.90 Å². The predicted molar refractivity (Wildman–Crippen MR) is 65.0 cm³/mol. The summed E-state index contributed by atoms with van der Waals surface area (Å²) in [6.07, 6.45) is 4.51. The lowest BCUT2D eigenvalue weighted by Crippen LogP contribution is -2.39. The third-order valence-corrected chi connectivity index (χ3v) is 3.29. The van der Waals surface area contributed by atoms with E-state index in [1.165, 1.54) is 0 Å². The molecule has 1 aliphatic carbocycles. The van der Waals surface area contributed by atoms with E-state index < -0.39 is 0 Å². The van der Waals surface area contributed by atoms with E-state index in [1.54, 1.807) is 18.3 Å². The fourth-order valence-corrected chi connectivity index (χ4v) is 2.32. The summed E-state index contributed by atoms with van der Waals surface area (Å²) >= 11 is 5.84. The Morgan fingerprint density at radius 3 is 3.06 bits per heavy atom. The largest absolute Gasteiger partial charge is 0.393 e. The van der Waals surface area contributed by atoms with Crippen LogP contribution in [-0.4, -0.2) is 28.1 Å². The molecule has 1 aromatic heterocycles. The number of aliphatic hydroxyl groups is 1. The van der Waals surface area contributed by atoms with Crippen molar-refractivity contribution in [1.29, 1.82) is 0 Å². The molecule has 0 aromatic carbocycles. The first-order chi connectivity index (χ1) is 8.16. The molecule has 0 aliphatic heterocycles. The molecule has 1 saturated carbocycles. The molecule has 1 fully saturated rings. The minimum atomic E-state index is -0.307. The van der Waals surface area contributed by atoms with Gasteiger partial charge in [-0.3, -0.25) is 4.79 Å². The summed E-state index contributed by atoms with van der Waals surface area (Å²) in [6.45, 7) is 0. The maximum atomic E-state index is 11.9. The van der Waals surface area contributed by atoms with E-state index in [0.29, 0.717) is 12.0 Å². The number of hydrogen-bond acceptors (Lipinski definition) is 3. The van der Waals surface area contributed by atoms with Crippen molar-refractivity contribution in [2.24, 2.45) is 0 Å². The zero-order valence-electron chi connectivity index (χ0n) is 9.40. The van der Waals surface area contributed by atoms with E-state index in [0.717, 1.165) is 19.3 Å². The van der Waals surface area contributed by atoms with Crippen LogP contribution >= 0.6 is 11.6 Å². The molecule has 5 heteroatoms. The third kappa shape index (κ3) is 3.17. The zero-order valence-corrected chi connectivity index (χ0v) is 10.2. The van der Waals surface area contributed by atoms with Gasteiger partial charge in [0.25, 0.3) is 5.91 Å². The van der Waals surface area contributed by atoms with E-state index in [4.69, 9.17) is 11.6 Å². The van der Waals surface area contributed by atoms with E-state index in [-0.39, 0.29) is 23.2 Å². The molecule has 2 atom stereocenters. The Hall–Kier alpha value is -1.13. The number of hydrogen-bond donors (Lipinski definition) is 2. The fourth-order valence-electron chi connectivity index (χ4n) is 2.11. The first kappa shape index (κ1) is 12.3. The maximum absolute atomic E-state index is 11.9. The third-order valence-electron chi connectivity index (χ3n) is 2.99. The maximum Gasteiger partial charge on any atom is 0.254 e. The van der Waals surface area contributed by atoms with Crippen molar-refractivity contribution in [3.8, 4) is 0 Å². The molecule has 1 amide bonds. The van der Waals surface area contributed by atoms with Crippen LogP contribution in [0.25, 0.3) is 0 Å². The average Bonchev–Trinajstić information content (AvgIpc) is 2.29. The molecule has 0 spiro atoms. The smallest absolute Gasteiger partial charge is 0.254 e. The zero-order chi connectivity index (χ0) is 12.3. The van der Waals surface area contributed by atoms with Gasteiger partial charge in [-0.2, -0.15) is 0 Å². The van der Waals surface area contributed by atoms with Crippen molar-refractivity contribution in [3.63, 3.8) is 0 Å². The Bertz CT molecular complexity index is 411. The van der Waals surface area contributed by atoms with E-state index in [2.05, 4.69) is 10.3 Å². The number of rotatable bonds is 2. The lowest BCUT2D eigenvalue weighted by atomic mass is 9.93. The molecular formula is C12H15ClN2O2. The van der Waals surface area contributed by atoms with Crippen LogP contribution in [0.5, 0.6) is 0 Å². The second-order valence-corrected chi connectivity index (χ2v) is 4.69. The molecule has 1 aromatic rings. The monoisotopic (exact) mass is 254 g/mol. The first-order valence-electron chi connectivity index (χ1n) is 5.76. The number of amides is 1. The highest BCUT2D eigenvalue weighted by molar-refractivity contribution is 6.32. The standard InChI is InChI=1S/C12H15ClN2O2/c13-11-10(5-2-6-14-11)12(17)15-8-3-1-4-9(16)7-8/h2,5-6,8-9,16H,1,3-4,7H2,(H,15,17). The molecule has 0 bridgehead atoms. The van der Waals surface area contributed by atoms with Crippen molar-refractivity contribution in [1.82, 2.24) is 10.3 Å². The summed E-state index contributed by atoms with van der Waals surface area (Å²) in [7, 11) is 0. The number of pyridine rings is 1. The number of aliphatic hydroxyl groups excluding tert-OH is 1. The lowest BCUT2D eigenvalue weighted by Gasteiger charge is -2.26. The van der Waals surface area contributed by atoms with Gasteiger partial charge in [-0.15, -0.1) is 0 Å². The molecule has 0 radical (unpaired) electrons. The number of halogens is 1. The average molecular weight is 255 g/mol. The second kappa shape index (κ2) is 5.47. The van der Waals surface area contributed by atoms with Crippen LogP contribution in [-0.2, 0) is 0 Å².